The monoisotopic (exact) mass is 499 g/mol. The zero-order valence-electron chi connectivity index (χ0n) is 18.9. The number of aliphatic imine (C=N–C) groups is 1. The summed E-state index contributed by atoms with van der Waals surface area (Å²) in [5, 5.41) is 8.26. The van der Waals surface area contributed by atoms with Crippen LogP contribution in [0.4, 0.5) is 17.1 Å². The number of rotatable bonds is 9. The molecule has 9 heteroatoms. The van der Waals surface area contributed by atoms with E-state index in [4.69, 9.17) is 10.5 Å². The second kappa shape index (κ2) is 13.1. The Morgan fingerprint density at radius 2 is 1.88 bits per heavy atom. The molecular weight excluding hydrogens is 470 g/mol. The highest BCUT2D eigenvalue weighted by atomic mass is 35.5. The second-order valence-corrected chi connectivity index (χ2v) is 8.71. The molecule has 1 aliphatic rings. The molecule has 7 nitrogen and oxygen atoms in total. The number of hydrogen-bond donors (Lipinski definition) is 3. The Labute approximate surface area is 210 Å². The van der Waals surface area contributed by atoms with E-state index in [1.54, 1.807) is 11.3 Å². The molecule has 1 saturated heterocycles. The molecule has 0 radical (unpaired) electrons. The van der Waals surface area contributed by atoms with Gasteiger partial charge in [-0.05, 0) is 53.4 Å². The number of nitrogens with two attached hydrogens (primary N) is 1. The zero-order chi connectivity index (χ0) is 22.9. The Kier molecular flexibility index (Phi) is 9.90. The fourth-order valence-corrected chi connectivity index (χ4v) is 4.22. The number of nitrogens with zero attached hydrogens (tertiary/aromatic N) is 2. The molecule has 34 heavy (non-hydrogen) atoms. The summed E-state index contributed by atoms with van der Waals surface area (Å²) in [6, 6.07) is 19.8. The Balaban J connectivity index is 0.00000324. The average molecular weight is 500 g/mol. The molecule has 0 bridgehead atoms. The molecule has 2 aromatic carbocycles. The van der Waals surface area contributed by atoms with Crippen molar-refractivity contribution in [1.82, 2.24) is 5.32 Å². The quantitative estimate of drug-likeness (QED) is 0.233. The number of amides is 1. The van der Waals surface area contributed by atoms with Crippen molar-refractivity contribution in [3.8, 4) is 0 Å². The third-order valence-corrected chi connectivity index (χ3v) is 6.21. The Hall–Kier alpha value is -2.91. The maximum atomic E-state index is 12.3. The minimum atomic E-state index is -0.0105. The predicted molar refractivity (Wildman–Crippen MR) is 143 cm³/mol. The molecule has 1 aliphatic heterocycles. The summed E-state index contributed by atoms with van der Waals surface area (Å²) in [6.07, 6.45) is 0.397. The number of morpholine rings is 1. The first-order valence-corrected chi connectivity index (χ1v) is 12.0. The third kappa shape index (κ3) is 7.56. The Morgan fingerprint density at radius 3 is 2.62 bits per heavy atom. The van der Waals surface area contributed by atoms with Gasteiger partial charge in [0.25, 0.3) is 0 Å². The highest BCUT2D eigenvalue weighted by molar-refractivity contribution is 7.12. The van der Waals surface area contributed by atoms with Gasteiger partial charge in [-0.1, -0.05) is 18.2 Å². The summed E-state index contributed by atoms with van der Waals surface area (Å²) in [6.45, 7) is 4.55. The van der Waals surface area contributed by atoms with Gasteiger partial charge >= 0.3 is 0 Å². The number of hydrogen-bond acceptors (Lipinski definition) is 6. The number of carbonyl (C=O) groups is 1. The zero-order valence-corrected chi connectivity index (χ0v) is 20.5. The maximum absolute atomic E-state index is 12.3. The predicted octanol–water partition coefficient (Wildman–Crippen LogP) is 4.16. The highest BCUT2D eigenvalue weighted by Crippen LogP contribution is 2.19. The van der Waals surface area contributed by atoms with Gasteiger partial charge in [0.2, 0.25) is 5.91 Å². The van der Waals surface area contributed by atoms with Gasteiger partial charge in [-0.25, -0.2) is 4.99 Å². The van der Waals surface area contributed by atoms with Crippen molar-refractivity contribution in [1.29, 1.82) is 0 Å². The molecule has 0 atom stereocenters. The Bertz CT molecular complexity index is 1070. The van der Waals surface area contributed by atoms with Crippen LogP contribution in [-0.2, 0) is 16.1 Å². The number of anilines is 2. The highest BCUT2D eigenvalue weighted by Gasteiger charge is 2.11. The lowest BCUT2D eigenvalue weighted by Crippen LogP contribution is -2.36. The van der Waals surface area contributed by atoms with Crippen LogP contribution in [0.5, 0.6) is 0 Å². The molecule has 0 aliphatic carbocycles. The molecule has 1 amide bonds. The van der Waals surface area contributed by atoms with E-state index in [1.165, 1.54) is 0 Å². The van der Waals surface area contributed by atoms with E-state index in [0.29, 0.717) is 25.3 Å². The third-order valence-electron chi connectivity index (χ3n) is 5.32. The first-order valence-electron chi connectivity index (χ1n) is 11.1. The second-order valence-electron chi connectivity index (χ2n) is 7.77. The fraction of sp³-hybridized carbons (Fsp3) is 0.280. The number of halogens is 1. The van der Waals surface area contributed by atoms with E-state index in [1.807, 2.05) is 66.0 Å². The normalized spacial score (nSPS) is 13.9. The SMILES string of the molecule is Cl.NC(=Nc1cccc(CNCCC(=O)Nc2ccc(N3CCOCC3)cc2)c1)c1cccs1. The average Bonchev–Trinajstić information content (AvgIpc) is 3.39. The van der Waals surface area contributed by atoms with E-state index in [2.05, 4.69) is 20.5 Å². The van der Waals surface area contributed by atoms with Crippen molar-refractivity contribution in [2.45, 2.75) is 13.0 Å². The first-order chi connectivity index (χ1) is 16.2. The minimum Gasteiger partial charge on any atom is -0.383 e. The van der Waals surface area contributed by atoms with E-state index in [-0.39, 0.29) is 18.3 Å². The molecule has 2 heterocycles. The summed E-state index contributed by atoms with van der Waals surface area (Å²) in [4.78, 5) is 20.0. The fourth-order valence-electron chi connectivity index (χ4n) is 3.59. The van der Waals surface area contributed by atoms with Gasteiger partial charge in [0, 0.05) is 44.0 Å². The van der Waals surface area contributed by atoms with Gasteiger partial charge in [-0.3, -0.25) is 4.79 Å². The van der Waals surface area contributed by atoms with Crippen molar-refractivity contribution >= 4 is 52.5 Å². The van der Waals surface area contributed by atoms with Crippen LogP contribution in [0.1, 0.15) is 16.9 Å². The lowest BCUT2D eigenvalue weighted by molar-refractivity contribution is -0.116. The molecule has 3 aromatic rings. The number of benzene rings is 2. The molecule has 0 saturated carbocycles. The lowest BCUT2D eigenvalue weighted by atomic mass is 10.2. The molecule has 0 spiro atoms. The smallest absolute Gasteiger partial charge is 0.225 e. The molecule has 180 valence electrons. The van der Waals surface area contributed by atoms with E-state index in [0.717, 1.165) is 53.8 Å². The molecule has 0 unspecified atom stereocenters. The van der Waals surface area contributed by atoms with Gasteiger partial charge in [0.05, 0.1) is 23.8 Å². The number of amidine groups is 1. The van der Waals surface area contributed by atoms with Crippen LogP contribution >= 0.6 is 23.7 Å². The molecular formula is C25H30ClN5O2S. The van der Waals surface area contributed by atoms with Crippen LogP contribution in [0.25, 0.3) is 0 Å². The molecule has 1 aromatic heterocycles. The van der Waals surface area contributed by atoms with Gasteiger partial charge in [-0.15, -0.1) is 23.7 Å². The van der Waals surface area contributed by atoms with Gasteiger partial charge in [-0.2, -0.15) is 0 Å². The van der Waals surface area contributed by atoms with Crippen LogP contribution in [0.3, 0.4) is 0 Å². The number of nitrogens with one attached hydrogen (secondary N) is 2. The first kappa shape index (κ1) is 25.7. The van der Waals surface area contributed by atoms with Crippen LogP contribution in [0.2, 0.25) is 0 Å². The van der Waals surface area contributed by atoms with Gasteiger partial charge < -0.3 is 26.0 Å². The van der Waals surface area contributed by atoms with Gasteiger partial charge in [0.15, 0.2) is 0 Å². The molecule has 1 fully saturated rings. The molecule has 4 rings (SSSR count). The molecule has 4 N–H and O–H groups in total. The summed E-state index contributed by atoms with van der Waals surface area (Å²) < 4.78 is 5.39. The van der Waals surface area contributed by atoms with Crippen LogP contribution in [-0.4, -0.2) is 44.6 Å². The van der Waals surface area contributed by atoms with Crippen LogP contribution in [0.15, 0.2) is 71.0 Å². The van der Waals surface area contributed by atoms with Gasteiger partial charge in [0.1, 0.15) is 5.84 Å². The summed E-state index contributed by atoms with van der Waals surface area (Å²) >= 11 is 1.57. The van der Waals surface area contributed by atoms with E-state index < -0.39 is 0 Å². The number of thiophene rings is 1. The van der Waals surface area contributed by atoms with Crippen molar-refractivity contribution in [2.24, 2.45) is 10.7 Å². The Morgan fingerprint density at radius 1 is 1.09 bits per heavy atom. The minimum absolute atomic E-state index is 0. The van der Waals surface area contributed by atoms with Crippen LogP contribution < -0.4 is 21.3 Å². The van der Waals surface area contributed by atoms with Crippen molar-refractivity contribution in [2.75, 3.05) is 43.1 Å². The van der Waals surface area contributed by atoms with Crippen LogP contribution in [0, 0.1) is 0 Å². The van der Waals surface area contributed by atoms with E-state index in [9.17, 15) is 4.79 Å². The van der Waals surface area contributed by atoms with Crippen molar-refractivity contribution in [3.05, 3.63) is 76.5 Å². The van der Waals surface area contributed by atoms with E-state index >= 15 is 0 Å². The lowest BCUT2D eigenvalue weighted by Gasteiger charge is -2.28. The summed E-state index contributed by atoms with van der Waals surface area (Å²) in [5.41, 5.74) is 9.95. The largest absolute Gasteiger partial charge is 0.383 e. The maximum Gasteiger partial charge on any atom is 0.225 e. The topological polar surface area (TPSA) is 92.0 Å². The summed E-state index contributed by atoms with van der Waals surface area (Å²) in [7, 11) is 0. The number of carbonyl (C=O) groups excluding carboxylic acids is 1. The standard InChI is InChI=1S/C25H29N5O2S.ClH/c26-25(23-5-2-16-33-23)29-21-4-1-3-19(17-21)18-27-11-10-24(31)28-20-6-8-22(9-7-20)30-12-14-32-15-13-30;/h1-9,16-17,27H,10-15,18H2,(H2,26,29)(H,28,31);1H. The van der Waals surface area contributed by atoms with Crippen molar-refractivity contribution in [3.63, 3.8) is 0 Å². The number of ether oxygens (including phenoxy) is 1. The van der Waals surface area contributed by atoms with Crippen molar-refractivity contribution < 1.29 is 9.53 Å². The summed E-state index contributed by atoms with van der Waals surface area (Å²) in [5.74, 6) is 0.508.